The first-order chi connectivity index (χ1) is 16.7. The summed E-state index contributed by atoms with van der Waals surface area (Å²) < 4.78 is 11.7. The summed E-state index contributed by atoms with van der Waals surface area (Å²) in [7, 11) is 2.13. The summed E-state index contributed by atoms with van der Waals surface area (Å²) in [6, 6.07) is 2.78. The van der Waals surface area contributed by atoms with Gasteiger partial charge in [-0.2, -0.15) is 15.2 Å². The van der Waals surface area contributed by atoms with E-state index in [0.717, 1.165) is 49.4 Å². The highest BCUT2D eigenvalue weighted by atomic mass is 16.6. The number of nitrogens with zero attached hydrogens (tertiary/aromatic N) is 6. The molecule has 35 heavy (non-hydrogen) atoms. The van der Waals surface area contributed by atoms with Crippen molar-refractivity contribution in [3.8, 4) is 12.1 Å². The second-order valence-corrected chi connectivity index (χ2v) is 10.8. The Kier molecular flexibility index (Phi) is 7.97. The predicted octanol–water partition coefficient (Wildman–Crippen LogP) is 2.32. The maximum atomic E-state index is 12.8. The number of carbonyl (C=O) groups is 1. The van der Waals surface area contributed by atoms with E-state index in [4.69, 9.17) is 19.4 Å². The summed E-state index contributed by atoms with van der Waals surface area (Å²) in [4.78, 5) is 28.7. The molecule has 0 aliphatic carbocycles. The standard InChI is InChI=1S/C25H39N7O3/c1-25(2,3)35-24(33)32-14-13-31(16-18(32)9-10-26)22-20-8-5-11-27-15-21(20)28-23(29-22)34-17-19-7-6-12-30(19)4/h18-19,27H,5-9,11-17H2,1-4H3/t18?,19-/m0/s1. The molecule has 2 atom stereocenters. The van der Waals surface area contributed by atoms with Crippen LogP contribution in [0.15, 0.2) is 0 Å². The van der Waals surface area contributed by atoms with Gasteiger partial charge in [-0.15, -0.1) is 0 Å². The maximum Gasteiger partial charge on any atom is 0.410 e. The summed E-state index contributed by atoms with van der Waals surface area (Å²) in [6.07, 6.45) is 4.08. The summed E-state index contributed by atoms with van der Waals surface area (Å²) in [5.41, 5.74) is 1.54. The zero-order valence-electron chi connectivity index (χ0n) is 21.5. The van der Waals surface area contributed by atoms with Crippen LogP contribution in [-0.2, 0) is 17.7 Å². The van der Waals surface area contributed by atoms with Crippen LogP contribution in [0.5, 0.6) is 6.01 Å². The Morgan fingerprint density at radius 1 is 1.20 bits per heavy atom. The van der Waals surface area contributed by atoms with Crippen molar-refractivity contribution in [3.05, 3.63) is 11.3 Å². The Balaban J connectivity index is 1.56. The molecule has 0 radical (unpaired) electrons. The van der Waals surface area contributed by atoms with E-state index in [1.165, 1.54) is 6.42 Å². The molecule has 0 saturated carbocycles. The SMILES string of the molecule is CN1CCC[C@H]1COc1nc2c(c(N3CCN(C(=O)OC(C)(C)C)C(CC#N)C3)n1)CCCNC2. The minimum atomic E-state index is -0.581. The normalized spacial score (nSPS) is 23.4. The number of likely N-dealkylation sites (tertiary alicyclic amines) is 1. The van der Waals surface area contributed by atoms with Crippen LogP contribution >= 0.6 is 0 Å². The number of amides is 1. The largest absolute Gasteiger partial charge is 0.462 e. The number of ether oxygens (including phenoxy) is 2. The van der Waals surface area contributed by atoms with Crippen LogP contribution in [0, 0.1) is 11.3 Å². The van der Waals surface area contributed by atoms with Gasteiger partial charge in [-0.05, 0) is 66.6 Å². The lowest BCUT2D eigenvalue weighted by Gasteiger charge is -2.42. The topological polar surface area (TPSA) is 107 Å². The molecule has 4 heterocycles. The highest BCUT2D eigenvalue weighted by Gasteiger charge is 2.35. The first-order valence-corrected chi connectivity index (χ1v) is 12.8. The third-order valence-corrected chi connectivity index (χ3v) is 6.94. The molecule has 0 spiro atoms. The number of aromatic nitrogens is 2. The Morgan fingerprint density at radius 3 is 2.74 bits per heavy atom. The van der Waals surface area contributed by atoms with Crippen molar-refractivity contribution >= 4 is 11.9 Å². The van der Waals surface area contributed by atoms with Crippen molar-refractivity contribution in [1.82, 2.24) is 25.1 Å². The van der Waals surface area contributed by atoms with Crippen molar-refractivity contribution in [2.45, 2.75) is 77.1 Å². The molecule has 1 aromatic heterocycles. The first-order valence-electron chi connectivity index (χ1n) is 12.8. The molecule has 0 aromatic carbocycles. The highest BCUT2D eigenvalue weighted by Crippen LogP contribution is 2.30. The van der Waals surface area contributed by atoms with Crippen molar-refractivity contribution in [2.75, 3.05) is 51.3 Å². The number of hydrogen-bond acceptors (Lipinski definition) is 9. The van der Waals surface area contributed by atoms with Gasteiger partial charge in [-0.3, -0.25) is 0 Å². The van der Waals surface area contributed by atoms with Crippen molar-refractivity contribution in [3.63, 3.8) is 0 Å². The number of piperazine rings is 1. The second-order valence-electron chi connectivity index (χ2n) is 10.8. The number of carbonyl (C=O) groups excluding carboxylic acids is 1. The number of hydrogen-bond donors (Lipinski definition) is 1. The molecule has 0 bridgehead atoms. The van der Waals surface area contributed by atoms with E-state index < -0.39 is 5.60 Å². The average Bonchev–Trinajstić information content (AvgIpc) is 3.06. The van der Waals surface area contributed by atoms with Gasteiger partial charge < -0.3 is 29.5 Å². The van der Waals surface area contributed by atoms with Gasteiger partial charge in [0, 0.05) is 37.8 Å². The van der Waals surface area contributed by atoms with E-state index >= 15 is 0 Å². The molecular formula is C25H39N7O3. The van der Waals surface area contributed by atoms with Crippen molar-refractivity contribution in [1.29, 1.82) is 5.26 Å². The van der Waals surface area contributed by atoms with E-state index in [0.29, 0.717) is 44.8 Å². The lowest BCUT2D eigenvalue weighted by atomic mass is 10.1. The predicted molar refractivity (Wildman–Crippen MR) is 132 cm³/mol. The van der Waals surface area contributed by atoms with Gasteiger partial charge in [0.15, 0.2) is 0 Å². The highest BCUT2D eigenvalue weighted by molar-refractivity contribution is 5.69. The van der Waals surface area contributed by atoms with Crippen LogP contribution in [0.3, 0.4) is 0 Å². The third kappa shape index (κ3) is 6.33. The Labute approximate surface area is 208 Å². The fourth-order valence-corrected chi connectivity index (χ4v) is 5.07. The first kappa shape index (κ1) is 25.5. The average molecular weight is 486 g/mol. The minimum absolute atomic E-state index is 0.238. The number of anilines is 1. The zero-order chi connectivity index (χ0) is 25.0. The maximum absolute atomic E-state index is 12.8. The fraction of sp³-hybridized carbons (Fsp3) is 0.760. The van der Waals surface area contributed by atoms with Crippen LogP contribution in [-0.4, -0.2) is 89.9 Å². The number of likely N-dealkylation sites (N-methyl/N-ethyl adjacent to an activating group) is 1. The van der Waals surface area contributed by atoms with Gasteiger partial charge in [0.2, 0.25) is 0 Å². The molecule has 10 heteroatoms. The van der Waals surface area contributed by atoms with Gasteiger partial charge in [0.05, 0.1) is 24.2 Å². The molecule has 1 amide bonds. The Morgan fingerprint density at radius 2 is 2.03 bits per heavy atom. The molecule has 1 aromatic rings. The minimum Gasteiger partial charge on any atom is -0.462 e. The molecular weight excluding hydrogens is 446 g/mol. The molecule has 2 fully saturated rings. The molecule has 4 rings (SSSR count). The lowest BCUT2D eigenvalue weighted by Crippen LogP contribution is -2.56. The van der Waals surface area contributed by atoms with Gasteiger partial charge in [-0.1, -0.05) is 0 Å². The number of nitrogens with one attached hydrogen (secondary N) is 1. The Bertz CT molecular complexity index is 942. The third-order valence-electron chi connectivity index (χ3n) is 6.94. The van der Waals surface area contributed by atoms with E-state index in [9.17, 15) is 10.1 Å². The molecule has 1 N–H and O–H groups in total. The summed E-state index contributed by atoms with van der Waals surface area (Å²) in [5.74, 6) is 0.875. The summed E-state index contributed by atoms with van der Waals surface area (Å²) in [5, 5.41) is 12.9. The van der Waals surface area contributed by atoms with Crippen LogP contribution < -0.4 is 15.0 Å². The fourth-order valence-electron chi connectivity index (χ4n) is 5.07. The van der Waals surface area contributed by atoms with Crippen LogP contribution in [0.4, 0.5) is 10.6 Å². The van der Waals surface area contributed by atoms with E-state index in [-0.39, 0.29) is 18.6 Å². The Hall–Kier alpha value is -2.64. The van der Waals surface area contributed by atoms with Crippen molar-refractivity contribution < 1.29 is 14.3 Å². The molecule has 192 valence electrons. The molecule has 3 aliphatic rings. The van der Waals surface area contributed by atoms with Crippen LogP contribution in [0.25, 0.3) is 0 Å². The van der Waals surface area contributed by atoms with Gasteiger partial charge in [-0.25, -0.2) is 4.79 Å². The van der Waals surface area contributed by atoms with E-state index in [2.05, 4.69) is 28.2 Å². The number of fused-ring (bicyclic) bond motifs is 1. The van der Waals surface area contributed by atoms with Crippen LogP contribution in [0.1, 0.15) is 57.7 Å². The molecule has 10 nitrogen and oxygen atoms in total. The summed E-state index contributed by atoms with van der Waals surface area (Å²) in [6.45, 7) is 10.5. The molecule has 3 aliphatic heterocycles. The van der Waals surface area contributed by atoms with Gasteiger partial charge in [0.25, 0.3) is 0 Å². The lowest BCUT2D eigenvalue weighted by molar-refractivity contribution is 0.0144. The van der Waals surface area contributed by atoms with Gasteiger partial charge in [0.1, 0.15) is 18.0 Å². The quantitative estimate of drug-likeness (QED) is 0.672. The second kappa shape index (κ2) is 11.0. The number of rotatable bonds is 5. The van der Waals surface area contributed by atoms with Gasteiger partial charge >= 0.3 is 12.1 Å². The summed E-state index contributed by atoms with van der Waals surface area (Å²) >= 11 is 0. The zero-order valence-corrected chi connectivity index (χ0v) is 21.5. The van der Waals surface area contributed by atoms with Crippen molar-refractivity contribution in [2.24, 2.45) is 0 Å². The van der Waals surface area contributed by atoms with E-state index in [1.54, 1.807) is 4.90 Å². The van der Waals surface area contributed by atoms with Crippen LogP contribution in [0.2, 0.25) is 0 Å². The smallest absolute Gasteiger partial charge is 0.410 e. The monoisotopic (exact) mass is 485 g/mol. The number of nitriles is 1. The molecule has 2 saturated heterocycles. The van der Waals surface area contributed by atoms with E-state index in [1.807, 2.05) is 20.8 Å². The molecule has 1 unspecified atom stereocenters.